The van der Waals surface area contributed by atoms with Gasteiger partial charge < -0.3 is 9.84 Å². The summed E-state index contributed by atoms with van der Waals surface area (Å²) in [6, 6.07) is 3.66. The number of rotatable bonds is 1. The van der Waals surface area contributed by atoms with Gasteiger partial charge in [0.2, 0.25) is 0 Å². The quantitative estimate of drug-likeness (QED) is 0.762. The molecule has 0 aromatic carbocycles. The number of fused-ring (bicyclic) bond motifs is 1. The van der Waals surface area contributed by atoms with Gasteiger partial charge in [0.25, 0.3) is 0 Å². The number of carboxylic acids is 1. The van der Waals surface area contributed by atoms with Crippen LogP contribution in [-0.2, 0) is 16.8 Å². The van der Waals surface area contributed by atoms with Crippen LogP contribution in [0.2, 0.25) is 0 Å². The van der Waals surface area contributed by atoms with Crippen molar-refractivity contribution < 1.29 is 14.6 Å². The molecule has 1 aliphatic heterocycles. The second kappa shape index (κ2) is 3.58. The van der Waals surface area contributed by atoms with Crippen LogP contribution in [0.4, 0.5) is 0 Å². The second-order valence-electron chi connectivity index (χ2n) is 3.96. The number of nitriles is 1. The summed E-state index contributed by atoms with van der Waals surface area (Å²) < 4.78 is 5.27. The fraction of sp³-hybridized carbons (Fsp3) is 0.364. The van der Waals surface area contributed by atoms with Crippen LogP contribution in [-0.4, -0.2) is 22.7 Å². The molecule has 0 saturated heterocycles. The Morgan fingerprint density at radius 1 is 1.75 bits per heavy atom. The normalized spacial score (nSPS) is 23.2. The SMILES string of the molecule is CC1(C#N)COCc2ncc(C(=O)O)cc21. The zero-order valence-corrected chi connectivity index (χ0v) is 8.73. The van der Waals surface area contributed by atoms with Crippen molar-refractivity contribution >= 4 is 5.97 Å². The molecular formula is C11H10N2O3. The molecule has 16 heavy (non-hydrogen) atoms. The molecule has 0 bridgehead atoms. The van der Waals surface area contributed by atoms with E-state index in [1.807, 2.05) is 0 Å². The summed E-state index contributed by atoms with van der Waals surface area (Å²) in [5.74, 6) is -1.04. The van der Waals surface area contributed by atoms with Crippen LogP contribution in [0, 0.1) is 11.3 Å². The Morgan fingerprint density at radius 2 is 2.50 bits per heavy atom. The van der Waals surface area contributed by atoms with Gasteiger partial charge in [0, 0.05) is 6.20 Å². The summed E-state index contributed by atoms with van der Waals surface area (Å²) in [6.45, 7) is 2.31. The molecule has 0 radical (unpaired) electrons. The van der Waals surface area contributed by atoms with Crippen molar-refractivity contribution in [2.24, 2.45) is 0 Å². The molecule has 0 fully saturated rings. The van der Waals surface area contributed by atoms with Gasteiger partial charge in [-0.25, -0.2) is 4.79 Å². The Morgan fingerprint density at radius 3 is 3.12 bits per heavy atom. The van der Waals surface area contributed by atoms with Crippen molar-refractivity contribution in [1.29, 1.82) is 5.26 Å². The molecule has 2 heterocycles. The lowest BCUT2D eigenvalue weighted by molar-refractivity contribution is 0.0681. The average Bonchev–Trinajstić information content (AvgIpc) is 2.29. The molecule has 0 amide bonds. The zero-order valence-electron chi connectivity index (χ0n) is 8.73. The van der Waals surface area contributed by atoms with Crippen LogP contribution in [0.25, 0.3) is 0 Å². The van der Waals surface area contributed by atoms with Gasteiger partial charge in [0.1, 0.15) is 5.41 Å². The number of aromatic nitrogens is 1. The first-order chi connectivity index (χ1) is 7.57. The monoisotopic (exact) mass is 218 g/mol. The van der Waals surface area contributed by atoms with Gasteiger partial charge in [-0.1, -0.05) is 0 Å². The summed E-state index contributed by atoms with van der Waals surface area (Å²) in [5, 5.41) is 18.0. The van der Waals surface area contributed by atoms with Crippen LogP contribution in [0.1, 0.15) is 28.5 Å². The van der Waals surface area contributed by atoms with Crippen molar-refractivity contribution in [2.45, 2.75) is 18.9 Å². The minimum Gasteiger partial charge on any atom is -0.478 e. The Bertz CT molecular complexity index is 492. The average molecular weight is 218 g/mol. The number of hydrogen-bond donors (Lipinski definition) is 1. The highest BCUT2D eigenvalue weighted by Crippen LogP contribution is 2.31. The van der Waals surface area contributed by atoms with Gasteiger partial charge in [0.15, 0.2) is 0 Å². The van der Waals surface area contributed by atoms with Gasteiger partial charge in [-0.2, -0.15) is 5.26 Å². The van der Waals surface area contributed by atoms with E-state index in [1.165, 1.54) is 12.3 Å². The van der Waals surface area contributed by atoms with Crippen LogP contribution < -0.4 is 0 Å². The van der Waals surface area contributed by atoms with E-state index in [0.717, 1.165) is 0 Å². The van der Waals surface area contributed by atoms with Crippen molar-refractivity contribution in [1.82, 2.24) is 4.98 Å². The zero-order chi connectivity index (χ0) is 11.8. The molecule has 1 unspecified atom stereocenters. The second-order valence-corrected chi connectivity index (χ2v) is 3.96. The standard InChI is InChI=1S/C11H10N2O3/c1-11(5-12)6-16-4-9-8(11)2-7(3-13-9)10(14)15/h2-3H,4,6H2,1H3,(H,14,15). The first kappa shape index (κ1) is 10.6. The molecule has 82 valence electrons. The smallest absolute Gasteiger partial charge is 0.337 e. The van der Waals surface area contributed by atoms with Crippen molar-refractivity contribution in [3.05, 3.63) is 29.1 Å². The Labute approximate surface area is 92.3 Å². The highest BCUT2D eigenvalue weighted by molar-refractivity contribution is 5.87. The van der Waals surface area contributed by atoms with E-state index in [9.17, 15) is 4.79 Å². The Balaban J connectivity index is 2.58. The summed E-state index contributed by atoms with van der Waals surface area (Å²) in [6.07, 6.45) is 1.29. The predicted octanol–water partition coefficient (Wildman–Crippen LogP) is 1.09. The molecule has 1 atom stereocenters. The molecule has 5 nitrogen and oxygen atoms in total. The minimum absolute atomic E-state index is 0.0992. The van der Waals surface area contributed by atoms with E-state index in [0.29, 0.717) is 17.9 Å². The Kier molecular flexibility index (Phi) is 2.37. The summed E-state index contributed by atoms with van der Waals surface area (Å²) in [7, 11) is 0. The van der Waals surface area contributed by atoms with Gasteiger partial charge >= 0.3 is 5.97 Å². The lowest BCUT2D eigenvalue weighted by Gasteiger charge is -2.28. The molecule has 1 aliphatic rings. The number of aromatic carboxylic acids is 1. The summed E-state index contributed by atoms with van der Waals surface area (Å²) in [4.78, 5) is 14.9. The first-order valence-corrected chi connectivity index (χ1v) is 4.78. The number of ether oxygens (including phenoxy) is 1. The molecular weight excluding hydrogens is 208 g/mol. The molecule has 1 N–H and O–H groups in total. The van der Waals surface area contributed by atoms with Crippen LogP contribution in [0.5, 0.6) is 0 Å². The van der Waals surface area contributed by atoms with E-state index in [1.54, 1.807) is 6.92 Å². The molecule has 0 saturated carbocycles. The third-order valence-corrected chi connectivity index (χ3v) is 2.69. The maximum absolute atomic E-state index is 10.8. The van der Waals surface area contributed by atoms with Crippen molar-refractivity contribution in [3.63, 3.8) is 0 Å². The molecule has 2 rings (SSSR count). The van der Waals surface area contributed by atoms with Crippen LogP contribution >= 0.6 is 0 Å². The number of nitrogens with zero attached hydrogens (tertiary/aromatic N) is 2. The van der Waals surface area contributed by atoms with E-state index >= 15 is 0 Å². The van der Waals surface area contributed by atoms with E-state index in [4.69, 9.17) is 15.1 Å². The number of carboxylic acid groups (broad SMARTS) is 1. The molecule has 0 spiro atoms. The van der Waals surface area contributed by atoms with Gasteiger partial charge in [-0.05, 0) is 18.6 Å². The van der Waals surface area contributed by atoms with Crippen molar-refractivity contribution in [2.75, 3.05) is 6.61 Å². The highest BCUT2D eigenvalue weighted by Gasteiger charge is 2.34. The number of hydrogen-bond acceptors (Lipinski definition) is 4. The molecule has 1 aromatic rings. The van der Waals surface area contributed by atoms with E-state index in [-0.39, 0.29) is 12.2 Å². The summed E-state index contributed by atoms with van der Waals surface area (Å²) in [5.41, 5.74) is 0.579. The van der Waals surface area contributed by atoms with Gasteiger partial charge in [0.05, 0.1) is 30.5 Å². The third kappa shape index (κ3) is 1.53. The van der Waals surface area contributed by atoms with Crippen LogP contribution in [0.3, 0.4) is 0 Å². The lowest BCUT2D eigenvalue weighted by atomic mass is 9.82. The largest absolute Gasteiger partial charge is 0.478 e. The van der Waals surface area contributed by atoms with Crippen LogP contribution in [0.15, 0.2) is 12.3 Å². The maximum atomic E-state index is 10.8. The maximum Gasteiger partial charge on any atom is 0.337 e. The number of pyridine rings is 1. The minimum atomic E-state index is -1.04. The summed E-state index contributed by atoms with van der Waals surface area (Å²) >= 11 is 0. The van der Waals surface area contributed by atoms with Crippen molar-refractivity contribution in [3.8, 4) is 6.07 Å². The Hall–Kier alpha value is -1.93. The van der Waals surface area contributed by atoms with E-state index in [2.05, 4.69) is 11.1 Å². The first-order valence-electron chi connectivity index (χ1n) is 4.78. The van der Waals surface area contributed by atoms with Gasteiger partial charge in [-0.15, -0.1) is 0 Å². The van der Waals surface area contributed by atoms with Gasteiger partial charge in [-0.3, -0.25) is 4.98 Å². The third-order valence-electron chi connectivity index (χ3n) is 2.69. The fourth-order valence-corrected chi connectivity index (χ4v) is 1.72. The number of carbonyl (C=O) groups is 1. The fourth-order valence-electron chi connectivity index (χ4n) is 1.72. The lowest BCUT2D eigenvalue weighted by Crippen LogP contribution is -2.33. The molecule has 0 aliphatic carbocycles. The molecule has 1 aromatic heterocycles. The van der Waals surface area contributed by atoms with E-state index < -0.39 is 11.4 Å². The molecule has 5 heteroatoms. The topological polar surface area (TPSA) is 83.2 Å². The highest BCUT2D eigenvalue weighted by atomic mass is 16.5. The predicted molar refractivity (Wildman–Crippen MR) is 53.8 cm³/mol.